The number of amides is 1. The molecule has 1 aromatic rings. The van der Waals surface area contributed by atoms with Crippen LogP contribution < -0.4 is 5.32 Å². The molecule has 7 heteroatoms. The number of anilines is 1. The normalized spacial score (nSPS) is 13.7. The molecule has 0 saturated carbocycles. The molecule has 112 valence electrons. The number of fused-ring (bicyclic) bond motifs is 1. The molecule has 21 heavy (non-hydrogen) atoms. The summed E-state index contributed by atoms with van der Waals surface area (Å²) in [6.07, 6.45) is 1.72. The van der Waals surface area contributed by atoms with Crippen molar-refractivity contribution < 1.29 is 19.1 Å². The van der Waals surface area contributed by atoms with Gasteiger partial charge >= 0.3 is 5.97 Å². The number of ether oxygens (including phenoxy) is 1. The SMILES string of the molecule is CCOC(=O)c1c(NC(C)=O)sc2c1CCC(C=O)=C2Cl. The first-order valence-electron chi connectivity index (χ1n) is 6.44. The molecular formula is C14H14ClNO4S. The minimum absolute atomic E-state index is 0.242. The first-order chi connectivity index (χ1) is 9.99. The van der Waals surface area contributed by atoms with Crippen LogP contribution in [0.15, 0.2) is 5.57 Å². The maximum absolute atomic E-state index is 12.1. The zero-order chi connectivity index (χ0) is 15.6. The Bertz CT molecular complexity index is 648. The van der Waals surface area contributed by atoms with Gasteiger partial charge in [-0.05, 0) is 25.3 Å². The number of rotatable bonds is 4. The predicted molar refractivity (Wildman–Crippen MR) is 81.7 cm³/mol. The Morgan fingerprint density at radius 2 is 2.14 bits per heavy atom. The Kier molecular flexibility index (Phi) is 4.80. The summed E-state index contributed by atoms with van der Waals surface area (Å²) in [5.74, 6) is -0.771. The molecule has 0 aliphatic heterocycles. The van der Waals surface area contributed by atoms with Crippen LogP contribution in [-0.2, 0) is 20.7 Å². The zero-order valence-corrected chi connectivity index (χ0v) is 13.2. The van der Waals surface area contributed by atoms with Crippen molar-refractivity contribution in [3.8, 4) is 0 Å². The van der Waals surface area contributed by atoms with Crippen LogP contribution >= 0.6 is 22.9 Å². The number of thiophene rings is 1. The van der Waals surface area contributed by atoms with Crippen molar-refractivity contribution in [2.24, 2.45) is 0 Å². The number of carbonyl (C=O) groups is 3. The van der Waals surface area contributed by atoms with Crippen LogP contribution in [0.3, 0.4) is 0 Å². The van der Waals surface area contributed by atoms with Crippen molar-refractivity contribution in [2.75, 3.05) is 11.9 Å². The summed E-state index contributed by atoms with van der Waals surface area (Å²) in [4.78, 5) is 35.1. The number of carbonyl (C=O) groups excluding carboxylic acids is 3. The maximum Gasteiger partial charge on any atom is 0.341 e. The molecule has 5 nitrogen and oxygen atoms in total. The van der Waals surface area contributed by atoms with Gasteiger partial charge in [-0.1, -0.05) is 11.6 Å². The third-order valence-electron chi connectivity index (χ3n) is 3.04. The fraction of sp³-hybridized carbons (Fsp3) is 0.357. The lowest BCUT2D eigenvalue weighted by Gasteiger charge is -2.13. The molecule has 0 aromatic carbocycles. The minimum atomic E-state index is -0.488. The molecule has 2 rings (SSSR count). The van der Waals surface area contributed by atoms with Crippen LogP contribution in [0.2, 0.25) is 0 Å². The summed E-state index contributed by atoms with van der Waals surface area (Å²) < 4.78 is 5.05. The largest absolute Gasteiger partial charge is 0.462 e. The number of hydrogen-bond acceptors (Lipinski definition) is 5. The van der Waals surface area contributed by atoms with E-state index in [1.165, 1.54) is 18.3 Å². The Hall–Kier alpha value is -1.66. The molecule has 1 aromatic heterocycles. The lowest BCUT2D eigenvalue weighted by atomic mass is 9.95. The molecule has 1 aliphatic carbocycles. The van der Waals surface area contributed by atoms with Crippen molar-refractivity contribution in [1.82, 2.24) is 0 Å². The van der Waals surface area contributed by atoms with E-state index in [0.717, 1.165) is 11.8 Å². The van der Waals surface area contributed by atoms with E-state index in [2.05, 4.69) is 5.32 Å². The van der Waals surface area contributed by atoms with Crippen LogP contribution in [0.5, 0.6) is 0 Å². The van der Waals surface area contributed by atoms with Gasteiger partial charge in [0.1, 0.15) is 11.3 Å². The quantitative estimate of drug-likeness (QED) is 0.681. The second-order valence-electron chi connectivity index (χ2n) is 4.47. The Morgan fingerprint density at radius 1 is 1.43 bits per heavy atom. The third-order valence-corrected chi connectivity index (χ3v) is 4.75. The van der Waals surface area contributed by atoms with Crippen molar-refractivity contribution in [3.63, 3.8) is 0 Å². The lowest BCUT2D eigenvalue weighted by molar-refractivity contribution is -0.114. The smallest absolute Gasteiger partial charge is 0.341 e. The van der Waals surface area contributed by atoms with Crippen LogP contribution in [0.25, 0.3) is 5.03 Å². The predicted octanol–water partition coefficient (Wildman–Crippen LogP) is 2.98. The van der Waals surface area contributed by atoms with E-state index < -0.39 is 5.97 Å². The van der Waals surface area contributed by atoms with Gasteiger partial charge in [0.2, 0.25) is 5.91 Å². The fourth-order valence-electron chi connectivity index (χ4n) is 2.17. The van der Waals surface area contributed by atoms with Gasteiger partial charge in [-0.3, -0.25) is 9.59 Å². The minimum Gasteiger partial charge on any atom is -0.462 e. The first kappa shape index (κ1) is 15.7. The first-order valence-corrected chi connectivity index (χ1v) is 7.63. The van der Waals surface area contributed by atoms with Gasteiger partial charge in [-0.2, -0.15) is 0 Å². The van der Waals surface area contributed by atoms with Crippen LogP contribution in [0.4, 0.5) is 5.00 Å². The summed E-state index contributed by atoms with van der Waals surface area (Å²) in [6, 6.07) is 0. The van der Waals surface area contributed by atoms with Crippen molar-refractivity contribution in [1.29, 1.82) is 0 Å². The standard InChI is InChI=1S/C14H14ClNO4S/c1-3-20-14(19)10-9-5-4-8(6-17)11(15)12(9)21-13(10)16-7(2)18/h6H,3-5H2,1-2H3,(H,16,18). The molecular weight excluding hydrogens is 314 g/mol. The van der Waals surface area contributed by atoms with Crippen molar-refractivity contribution in [3.05, 3.63) is 21.6 Å². The summed E-state index contributed by atoms with van der Waals surface area (Å²) in [6.45, 7) is 3.32. The van der Waals surface area contributed by atoms with Crippen molar-refractivity contribution >= 4 is 51.1 Å². The summed E-state index contributed by atoms with van der Waals surface area (Å²) >= 11 is 7.40. The van der Waals surface area contributed by atoms with Gasteiger partial charge in [0.05, 0.1) is 22.1 Å². The highest BCUT2D eigenvalue weighted by molar-refractivity contribution is 7.18. The van der Waals surface area contributed by atoms with Crippen molar-refractivity contribution in [2.45, 2.75) is 26.7 Å². The molecule has 0 spiro atoms. The second-order valence-corrected chi connectivity index (χ2v) is 5.87. The van der Waals surface area contributed by atoms with Gasteiger partial charge < -0.3 is 10.1 Å². The highest BCUT2D eigenvalue weighted by Gasteiger charge is 2.30. The van der Waals surface area contributed by atoms with Crippen LogP contribution in [0, 0.1) is 0 Å². The van der Waals surface area contributed by atoms with Crippen LogP contribution in [-0.4, -0.2) is 24.8 Å². The Morgan fingerprint density at radius 3 is 2.71 bits per heavy atom. The summed E-state index contributed by atoms with van der Waals surface area (Å²) in [5.41, 5.74) is 1.59. The number of allylic oxidation sites excluding steroid dienone is 1. The molecule has 0 bridgehead atoms. The van der Waals surface area contributed by atoms with E-state index in [9.17, 15) is 14.4 Å². The average Bonchev–Trinajstić information content (AvgIpc) is 2.77. The summed E-state index contributed by atoms with van der Waals surface area (Å²) in [7, 11) is 0. The highest BCUT2D eigenvalue weighted by atomic mass is 35.5. The zero-order valence-electron chi connectivity index (χ0n) is 11.6. The van der Waals surface area contributed by atoms with Gasteiger partial charge in [0, 0.05) is 12.5 Å². The molecule has 0 atom stereocenters. The number of aldehydes is 1. The molecule has 1 aliphatic rings. The molecule has 0 unspecified atom stereocenters. The molecule has 0 radical (unpaired) electrons. The summed E-state index contributed by atoms with van der Waals surface area (Å²) in [5, 5.41) is 3.39. The number of hydrogen-bond donors (Lipinski definition) is 1. The Balaban J connectivity index is 2.58. The fourth-order valence-corrected chi connectivity index (χ4v) is 3.80. The van der Waals surface area contributed by atoms with Crippen LogP contribution in [0.1, 0.15) is 41.1 Å². The van der Waals surface area contributed by atoms with E-state index in [4.69, 9.17) is 16.3 Å². The van der Waals surface area contributed by atoms with Gasteiger partial charge in [0.15, 0.2) is 0 Å². The van der Waals surface area contributed by atoms with E-state index >= 15 is 0 Å². The molecule has 1 N–H and O–H groups in total. The number of esters is 1. The van der Waals surface area contributed by atoms with E-state index in [-0.39, 0.29) is 12.5 Å². The van der Waals surface area contributed by atoms with E-state index in [1.54, 1.807) is 6.92 Å². The lowest BCUT2D eigenvalue weighted by Crippen LogP contribution is -2.13. The van der Waals surface area contributed by atoms with E-state index in [0.29, 0.717) is 38.9 Å². The highest BCUT2D eigenvalue weighted by Crippen LogP contribution is 2.44. The molecule has 0 saturated heterocycles. The monoisotopic (exact) mass is 327 g/mol. The topological polar surface area (TPSA) is 72.5 Å². The van der Waals surface area contributed by atoms with Gasteiger partial charge in [-0.15, -0.1) is 11.3 Å². The number of halogens is 1. The maximum atomic E-state index is 12.1. The third kappa shape index (κ3) is 3.01. The average molecular weight is 328 g/mol. The van der Waals surface area contributed by atoms with E-state index in [1.807, 2.05) is 0 Å². The van der Waals surface area contributed by atoms with Gasteiger partial charge in [0.25, 0.3) is 0 Å². The second kappa shape index (κ2) is 6.41. The molecule has 0 fully saturated rings. The van der Waals surface area contributed by atoms with Gasteiger partial charge in [-0.25, -0.2) is 4.79 Å². The molecule has 1 heterocycles. The number of nitrogens with one attached hydrogen (secondary N) is 1. The molecule has 1 amide bonds. The Labute approximate surface area is 130 Å².